The highest BCUT2D eigenvalue weighted by Gasteiger charge is 2.22. The Hall–Kier alpha value is -2.82. The molecule has 0 unspecified atom stereocenters. The van der Waals surface area contributed by atoms with Crippen LogP contribution in [0.15, 0.2) is 24.3 Å². The molecule has 5 nitrogen and oxygen atoms in total. The summed E-state index contributed by atoms with van der Waals surface area (Å²) in [6, 6.07) is 7.47. The zero-order valence-corrected chi connectivity index (χ0v) is 15.6. The topological polar surface area (TPSA) is 57.2 Å². The van der Waals surface area contributed by atoms with Crippen molar-refractivity contribution < 1.29 is 24.1 Å². The van der Waals surface area contributed by atoms with Gasteiger partial charge in [0, 0.05) is 5.56 Å². The maximum atomic E-state index is 10.1. The summed E-state index contributed by atoms with van der Waals surface area (Å²) in [5.74, 6) is 2.58. The molecule has 0 atom stereocenters. The van der Waals surface area contributed by atoms with Gasteiger partial charge >= 0.3 is 0 Å². The minimum atomic E-state index is 0.139. The number of ether oxygens (including phenoxy) is 4. The van der Waals surface area contributed by atoms with Gasteiger partial charge in [0.1, 0.15) is 0 Å². The lowest BCUT2D eigenvalue weighted by Crippen LogP contribution is -2.01. The van der Waals surface area contributed by atoms with Gasteiger partial charge in [-0.15, -0.1) is 0 Å². The van der Waals surface area contributed by atoms with Crippen molar-refractivity contribution in [3.05, 3.63) is 41.0 Å². The first-order chi connectivity index (χ1) is 12.6. The van der Waals surface area contributed by atoms with E-state index < -0.39 is 0 Å². The highest BCUT2D eigenvalue weighted by atomic mass is 16.5. The largest absolute Gasteiger partial charge is 0.504 e. The first kappa shape index (κ1) is 18.0. The Morgan fingerprint density at radius 3 is 2.15 bits per heavy atom. The van der Waals surface area contributed by atoms with Crippen molar-refractivity contribution in [2.75, 3.05) is 28.4 Å². The van der Waals surface area contributed by atoms with E-state index in [1.165, 1.54) is 0 Å². The molecule has 0 spiro atoms. The zero-order valence-electron chi connectivity index (χ0n) is 15.6. The van der Waals surface area contributed by atoms with Crippen LogP contribution in [0.5, 0.6) is 28.7 Å². The highest BCUT2D eigenvalue weighted by molar-refractivity contribution is 5.85. The zero-order chi connectivity index (χ0) is 18.7. The van der Waals surface area contributed by atoms with E-state index in [0.717, 1.165) is 47.3 Å². The van der Waals surface area contributed by atoms with Crippen LogP contribution < -0.4 is 18.9 Å². The number of allylic oxidation sites excluding steroid dienone is 1. The fourth-order valence-corrected chi connectivity index (χ4v) is 3.45. The summed E-state index contributed by atoms with van der Waals surface area (Å²) in [5.41, 5.74) is 4.28. The number of phenolic OH excluding ortho intramolecular Hbond substituents is 1. The maximum absolute atomic E-state index is 10.1. The van der Waals surface area contributed by atoms with Gasteiger partial charge in [-0.2, -0.15) is 0 Å². The third-order valence-corrected chi connectivity index (χ3v) is 4.72. The van der Waals surface area contributed by atoms with Crippen LogP contribution in [0.1, 0.15) is 29.5 Å². The Kier molecular flexibility index (Phi) is 5.26. The predicted octanol–water partition coefficient (Wildman–Crippen LogP) is 4.30. The van der Waals surface area contributed by atoms with E-state index in [1.54, 1.807) is 40.6 Å². The molecule has 0 heterocycles. The molecule has 1 aliphatic carbocycles. The van der Waals surface area contributed by atoms with Crippen LogP contribution in [-0.2, 0) is 6.42 Å². The molecule has 0 radical (unpaired) electrons. The summed E-state index contributed by atoms with van der Waals surface area (Å²) in [5, 5.41) is 10.1. The number of fused-ring (bicyclic) bond motifs is 1. The number of methoxy groups -OCH3 is 4. The van der Waals surface area contributed by atoms with Crippen molar-refractivity contribution in [3.63, 3.8) is 0 Å². The van der Waals surface area contributed by atoms with Crippen molar-refractivity contribution in [2.45, 2.75) is 19.3 Å². The molecule has 0 amide bonds. The van der Waals surface area contributed by atoms with Gasteiger partial charge in [0.2, 0.25) is 5.75 Å². The van der Waals surface area contributed by atoms with Crippen molar-refractivity contribution in [2.24, 2.45) is 0 Å². The van der Waals surface area contributed by atoms with E-state index in [0.29, 0.717) is 17.2 Å². The van der Waals surface area contributed by atoms with Gasteiger partial charge in [0.05, 0.1) is 28.4 Å². The van der Waals surface area contributed by atoms with E-state index in [1.807, 2.05) is 12.1 Å². The van der Waals surface area contributed by atoms with Crippen LogP contribution in [-0.4, -0.2) is 33.5 Å². The molecule has 0 fully saturated rings. The molecular weight excluding hydrogens is 332 g/mol. The highest BCUT2D eigenvalue weighted by Crippen LogP contribution is 2.45. The van der Waals surface area contributed by atoms with E-state index in [-0.39, 0.29) is 5.75 Å². The standard InChI is InChI=1S/C21H24O5/c1-23-18-9-8-14(11-17(18)22)13-6-5-7-16-15(10-13)12-19(24-2)21(26-4)20(16)25-3/h8-12,22H,5-7H2,1-4H3. The fourth-order valence-electron chi connectivity index (χ4n) is 3.45. The number of rotatable bonds is 5. The van der Waals surface area contributed by atoms with Crippen LogP contribution >= 0.6 is 0 Å². The predicted molar refractivity (Wildman–Crippen MR) is 102 cm³/mol. The minimum absolute atomic E-state index is 0.139. The van der Waals surface area contributed by atoms with E-state index in [9.17, 15) is 5.11 Å². The molecule has 2 aromatic carbocycles. The summed E-state index contributed by atoms with van der Waals surface area (Å²) >= 11 is 0. The SMILES string of the molecule is COc1ccc(C2=Cc3cc(OC)c(OC)c(OC)c3CCC2)cc1O. The lowest BCUT2D eigenvalue weighted by Gasteiger charge is -2.17. The van der Waals surface area contributed by atoms with Gasteiger partial charge < -0.3 is 24.1 Å². The summed E-state index contributed by atoms with van der Waals surface area (Å²) in [6.45, 7) is 0. The first-order valence-corrected chi connectivity index (χ1v) is 8.52. The molecule has 26 heavy (non-hydrogen) atoms. The van der Waals surface area contributed by atoms with Crippen molar-refractivity contribution in [1.82, 2.24) is 0 Å². The van der Waals surface area contributed by atoms with Gasteiger partial charge in [-0.3, -0.25) is 0 Å². The Balaban J connectivity index is 2.13. The van der Waals surface area contributed by atoms with Gasteiger partial charge in [-0.25, -0.2) is 0 Å². The average molecular weight is 356 g/mol. The van der Waals surface area contributed by atoms with E-state index in [2.05, 4.69) is 6.08 Å². The van der Waals surface area contributed by atoms with Gasteiger partial charge in [0.15, 0.2) is 23.0 Å². The third-order valence-electron chi connectivity index (χ3n) is 4.72. The molecule has 0 bridgehead atoms. The summed E-state index contributed by atoms with van der Waals surface area (Å²) in [7, 11) is 6.42. The lowest BCUT2D eigenvalue weighted by molar-refractivity contribution is 0.322. The molecule has 3 rings (SSSR count). The van der Waals surface area contributed by atoms with E-state index >= 15 is 0 Å². The smallest absolute Gasteiger partial charge is 0.203 e. The molecule has 0 saturated heterocycles. The number of hydrogen-bond acceptors (Lipinski definition) is 5. The summed E-state index contributed by atoms with van der Waals surface area (Å²) in [6.07, 6.45) is 4.88. The first-order valence-electron chi connectivity index (χ1n) is 8.52. The lowest BCUT2D eigenvalue weighted by atomic mass is 9.99. The monoisotopic (exact) mass is 356 g/mol. The van der Waals surface area contributed by atoms with Crippen LogP contribution in [0.2, 0.25) is 0 Å². The molecule has 0 aromatic heterocycles. The second-order valence-electron chi connectivity index (χ2n) is 6.12. The average Bonchev–Trinajstić information content (AvgIpc) is 2.88. The van der Waals surface area contributed by atoms with Crippen molar-refractivity contribution >= 4 is 11.6 Å². The van der Waals surface area contributed by atoms with Gasteiger partial charge in [-0.1, -0.05) is 12.1 Å². The molecule has 5 heteroatoms. The molecule has 1 N–H and O–H groups in total. The van der Waals surface area contributed by atoms with Gasteiger partial charge in [-0.05, 0) is 54.2 Å². The second kappa shape index (κ2) is 7.60. The van der Waals surface area contributed by atoms with Crippen molar-refractivity contribution in [1.29, 1.82) is 0 Å². The Morgan fingerprint density at radius 1 is 0.808 bits per heavy atom. The van der Waals surface area contributed by atoms with Crippen LogP contribution in [0.4, 0.5) is 0 Å². The second-order valence-corrected chi connectivity index (χ2v) is 6.12. The van der Waals surface area contributed by atoms with Crippen LogP contribution in [0, 0.1) is 0 Å². The van der Waals surface area contributed by atoms with Crippen LogP contribution in [0.25, 0.3) is 11.6 Å². The normalized spacial score (nSPS) is 13.3. The maximum Gasteiger partial charge on any atom is 0.203 e. The number of phenols is 1. The number of hydrogen-bond donors (Lipinski definition) is 1. The fraction of sp³-hybridized carbons (Fsp3) is 0.333. The van der Waals surface area contributed by atoms with Gasteiger partial charge in [0.25, 0.3) is 0 Å². The van der Waals surface area contributed by atoms with Crippen molar-refractivity contribution in [3.8, 4) is 28.7 Å². The molecule has 138 valence electrons. The molecular formula is C21H24O5. The summed E-state index contributed by atoms with van der Waals surface area (Å²) in [4.78, 5) is 0. The Bertz CT molecular complexity index is 839. The third kappa shape index (κ3) is 3.17. The molecule has 0 aliphatic heterocycles. The number of aromatic hydroxyl groups is 1. The van der Waals surface area contributed by atoms with E-state index in [4.69, 9.17) is 18.9 Å². The molecule has 1 aliphatic rings. The Morgan fingerprint density at radius 2 is 1.54 bits per heavy atom. The minimum Gasteiger partial charge on any atom is -0.504 e. The Labute approximate surface area is 153 Å². The molecule has 2 aromatic rings. The quantitative estimate of drug-likeness (QED) is 0.865. The van der Waals surface area contributed by atoms with Crippen LogP contribution in [0.3, 0.4) is 0 Å². The number of benzene rings is 2. The molecule has 0 saturated carbocycles. The summed E-state index contributed by atoms with van der Waals surface area (Å²) < 4.78 is 21.8.